The lowest BCUT2D eigenvalue weighted by molar-refractivity contribution is -0.115. The number of hydrogen-bond acceptors (Lipinski definition) is 2. The van der Waals surface area contributed by atoms with E-state index in [1.165, 1.54) is 6.08 Å². The highest BCUT2D eigenvalue weighted by Gasteiger charge is 2.10. The van der Waals surface area contributed by atoms with Gasteiger partial charge in [-0.25, -0.2) is 0 Å². The summed E-state index contributed by atoms with van der Waals surface area (Å²) in [5.74, 6) is -0.725. The molecular formula is C13H17NO2Si. The molecule has 0 aliphatic rings. The number of rotatable bonds is 3. The van der Waals surface area contributed by atoms with Crippen LogP contribution in [0.2, 0.25) is 19.6 Å². The first-order valence-electron chi connectivity index (χ1n) is 5.48. The fourth-order valence-electron chi connectivity index (χ4n) is 1.14. The molecular weight excluding hydrogens is 230 g/mol. The molecule has 0 aliphatic carbocycles. The van der Waals surface area contributed by atoms with E-state index >= 15 is 0 Å². The molecule has 0 aromatic heterocycles. The van der Waals surface area contributed by atoms with Crippen molar-refractivity contribution < 1.29 is 9.59 Å². The van der Waals surface area contributed by atoms with Gasteiger partial charge in [-0.3, -0.25) is 14.9 Å². The molecule has 0 saturated heterocycles. The van der Waals surface area contributed by atoms with Crippen LogP contribution >= 0.6 is 0 Å². The predicted octanol–water partition coefficient (Wildman–Crippen LogP) is 2.38. The minimum atomic E-state index is -1.40. The Bertz CT molecular complexity index is 432. The van der Waals surface area contributed by atoms with Crippen LogP contribution in [0.4, 0.5) is 0 Å². The number of imide groups is 1. The smallest absolute Gasteiger partial charge is 0.258 e. The fourth-order valence-corrected chi connectivity index (χ4v) is 1.79. The van der Waals surface area contributed by atoms with Gasteiger partial charge in [-0.1, -0.05) is 43.5 Å². The molecule has 0 spiro atoms. The summed E-state index contributed by atoms with van der Waals surface area (Å²) in [5.41, 5.74) is 2.39. The Morgan fingerprint density at radius 3 is 2.24 bits per heavy atom. The number of carbonyl (C=O) groups excluding carboxylic acids is 2. The molecule has 1 aromatic rings. The molecule has 0 saturated carbocycles. The summed E-state index contributed by atoms with van der Waals surface area (Å²) in [6, 6.07) is 8.69. The van der Waals surface area contributed by atoms with Crippen LogP contribution in [-0.4, -0.2) is 19.9 Å². The highest BCUT2D eigenvalue weighted by molar-refractivity contribution is 6.81. The van der Waals surface area contributed by atoms with E-state index in [-0.39, 0.29) is 11.8 Å². The third-order valence-electron chi connectivity index (χ3n) is 2.01. The number of hydrogen-bond donors (Lipinski definition) is 1. The average Bonchev–Trinajstić information content (AvgIpc) is 2.27. The molecule has 2 amide bonds. The number of benzene rings is 1. The van der Waals surface area contributed by atoms with Crippen molar-refractivity contribution in [3.63, 3.8) is 0 Å². The van der Waals surface area contributed by atoms with Gasteiger partial charge in [-0.2, -0.15) is 0 Å². The molecule has 0 aliphatic heterocycles. The minimum Gasteiger partial charge on any atom is -0.289 e. The largest absolute Gasteiger partial charge is 0.289 e. The highest BCUT2D eigenvalue weighted by atomic mass is 28.3. The quantitative estimate of drug-likeness (QED) is 0.658. The van der Waals surface area contributed by atoms with Gasteiger partial charge in [0.15, 0.2) is 0 Å². The maximum absolute atomic E-state index is 11.6. The van der Waals surface area contributed by atoms with Gasteiger partial charge in [0.2, 0.25) is 5.91 Å². The van der Waals surface area contributed by atoms with Crippen molar-refractivity contribution in [3.8, 4) is 0 Å². The number of amides is 2. The minimum absolute atomic E-state index is 0.360. The van der Waals surface area contributed by atoms with Crippen molar-refractivity contribution in [2.45, 2.75) is 19.6 Å². The second-order valence-corrected chi connectivity index (χ2v) is 9.95. The van der Waals surface area contributed by atoms with E-state index in [9.17, 15) is 9.59 Å². The van der Waals surface area contributed by atoms with Crippen LogP contribution in [0.15, 0.2) is 42.1 Å². The van der Waals surface area contributed by atoms with Gasteiger partial charge in [0.05, 0.1) is 8.07 Å². The Labute approximate surface area is 103 Å². The van der Waals surface area contributed by atoms with E-state index < -0.39 is 8.07 Å². The molecule has 0 bridgehead atoms. The summed E-state index contributed by atoms with van der Waals surface area (Å²) in [6.07, 6.45) is 1.45. The predicted molar refractivity (Wildman–Crippen MR) is 71.4 cm³/mol. The molecule has 1 N–H and O–H groups in total. The second kappa shape index (κ2) is 5.59. The normalized spacial score (nSPS) is 11.5. The number of carbonyl (C=O) groups is 2. The van der Waals surface area contributed by atoms with Crippen molar-refractivity contribution in [1.29, 1.82) is 0 Å². The van der Waals surface area contributed by atoms with Gasteiger partial charge in [-0.15, -0.1) is 0 Å². The SMILES string of the molecule is C[Si](C)(C)C=CC(=O)NC(=O)c1ccccc1. The van der Waals surface area contributed by atoms with Crippen LogP contribution in [0.1, 0.15) is 10.4 Å². The van der Waals surface area contributed by atoms with E-state index in [1.54, 1.807) is 24.3 Å². The van der Waals surface area contributed by atoms with Crippen molar-refractivity contribution in [2.24, 2.45) is 0 Å². The van der Waals surface area contributed by atoms with Gasteiger partial charge in [0, 0.05) is 5.56 Å². The Kier molecular flexibility index (Phi) is 4.40. The van der Waals surface area contributed by atoms with Crippen LogP contribution in [0, 0.1) is 0 Å². The maximum Gasteiger partial charge on any atom is 0.258 e. The van der Waals surface area contributed by atoms with Crippen molar-refractivity contribution >= 4 is 19.9 Å². The van der Waals surface area contributed by atoms with Crippen LogP contribution < -0.4 is 5.32 Å². The van der Waals surface area contributed by atoms with E-state index in [2.05, 4.69) is 25.0 Å². The average molecular weight is 247 g/mol. The lowest BCUT2D eigenvalue weighted by Crippen LogP contribution is -2.29. The lowest BCUT2D eigenvalue weighted by atomic mass is 10.2. The molecule has 90 valence electrons. The van der Waals surface area contributed by atoms with Gasteiger partial charge in [0.1, 0.15) is 0 Å². The van der Waals surface area contributed by atoms with Crippen LogP contribution in [0.5, 0.6) is 0 Å². The summed E-state index contributed by atoms with van der Waals surface area (Å²) in [7, 11) is -1.40. The molecule has 3 nitrogen and oxygen atoms in total. The van der Waals surface area contributed by atoms with Crippen molar-refractivity contribution in [2.75, 3.05) is 0 Å². The molecule has 0 heterocycles. The molecule has 0 atom stereocenters. The summed E-state index contributed by atoms with van der Waals surface area (Å²) in [4.78, 5) is 23.1. The third kappa shape index (κ3) is 5.26. The zero-order valence-corrected chi connectivity index (χ0v) is 11.4. The van der Waals surface area contributed by atoms with Crippen LogP contribution in [0.25, 0.3) is 0 Å². The molecule has 17 heavy (non-hydrogen) atoms. The Morgan fingerprint density at radius 1 is 1.12 bits per heavy atom. The van der Waals surface area contributed by atoms with Crippen LogP contribution in [0.3, 0.4) is 0 Å². The van der Waals surface area contributed by atoms with Crippen molar-refractivity contribution in [1.82, 2.24) is 5.32 Å². The third-order valence-corrected chi connectivity index (χ3v) is 3.17. The zero-order chi connectivity index (χ0) is 12.9. The fraction of sp³-hybridized carbons (Fsp3) is 0.231. The summed E-state index contributed by atoms with van der Waals surface area (Å²) >= 11 is 0. The highest BCUT2D eigenvalue weighted by Crippen LogP contribution is 2.02. The van der Waals surface area contributed by atoms with E-state index in [1.807, 2.05) is 11.8 Å². The Hall–Kier alpha value is -1.68. The topological polar surface area (TPSA) is 46.2 Å². The van der Waals surface area contributed by atoms with E-state index in [0.717, 1.165) is 0 Å². The molecule has 1 rings (SSSR count). The van der Waals surface area contributed by atoms with Gasteiger partial charge >= 0.3 is 0 Å². The molecule has 0 radical (unpaired) electrons. The molecule has 0 fully saturated rings. The standard InChI is InChI=1S/C13H17NO2Si/c1-17(2,3)10-9-12(15)14-13(16)11-7-5-4-6-8-11/h4-10H,1-3H3,(H,14,15,16). The molecule has 4 heteroatoms. The van der Waals surface area contributed by atoms with Gasteiger partial charge < -0.3 is 0 Å². The molecule has 1 aromatic carbocycles. The monoisotopic (exact) mass is 247 g/mol. The van der Waals surface area contributed by atoms with Gasteiger partial charge in [0.25, 0.3) is 5.91 Å². The first-order valence-corrected chi connectivity index (χ1v) is 9.06. The molecule has 0 unspecified atom stereocenters. The van der Waals surface area contributed by atoms with Crippen LogP contribution in [-0.2, 0) is 4.79 Å². The first kappa shape index (κ1) is 13.4. The van der Waals surface area contributed by atoms with Gasteiger partial charge in [-0.05, 0) is 18.2 Å². The summed E-state index contributed by atoms with van der Waals surface area (Å²) in [5, 5.41) is 2.33. The van der Waals surface area contributed by atoms with E-state index in [4.69, 9.17) is 0 Å². The maximum atomic E-state index is 11.6. The number of nitrogens with one attached hydrogen (secondary N) is 1. The van der Waals surface area contributed by atoms with Crippen molar-refractivity contribution in [3.05, 3.63) is 47.7 Å². The van der Waals surface area contributed by atoms with E-state index in [0.29, 0.717) is 5.56 Å². The summed E-state index contributed by atoms with van der Waals surface area (Å²) in [6.45, 7) is 6.36. The lowest BCUT2D eigenvalue weighted by Gasteiger charge is -2.07. The Morgan fingerprint density at radius 2 is 1.71 bits per heavy atom. The second-order valence-electron chi connectivity index (χ2n) is 4.88. The Balaban J connectivity index is 2.59. The summed E-state index contributed by atoms with van der Waals surface area (Å²) < 4.78 is 0. The zero-order valence-electron chi connectivity index (χ0n) is 10.4. The first-order chi connectivity index (χ1) is 7.88.